The summed E-state index contributed by atoms with van der Waals surface area (Å²) >= 11 is 0. The molecule has 0 aliphatic rings. The van der Waals surface area contributed by atoms with Gasteiger partial charge in [0.15, 0.2) is 23.0 Å². The van der Waals surface area contributed by atoms with Crippen LogP contribution >= 0.6 is 0 Å². The molecule has 0 aromatic heterocycles. The molecule has 2 aromatic carbocycles. The van der Waals surface area contributed by atoms with Crippen molar-refractivity contribution in [1.82, 2.24) is 10.9 Å². The van der Waals surface area contributed by atoms with Gasteiger partial charge in [-0.25, -0.2) is 10.9 Å². The molecular formula is C28H38N4O6. The smallest absolute Gasteiger partial charge is 0.240 e. The lowest BCUT2D eigenvalue weighted by Gasteiger charge is -2.07. The minimum atomic E-state index is -0.118. The maximum atomic E-state index is 12.0. The number of carbonyl (C=O) groups excluding carboxylic acids is 2. The first-order valence-corrected chi connectivity index (χ1v) is 12.6. The lowest BCUT2D eigenvalue weighted by atomic mass is 10.1. The van der Waals surface area contributed by atoms with E-state index in [1.807, 2.05) is 12.1 Å². The Morgan fingerprint density at radius 2 is 0.974 bits per heavy atom. The summed E-state index contributed by atoms with van der Waals surface area (Å²) in [4.78, 5) is 23.9. The van der Waals surface area contributed by atoms with Gasteiger partial charge in [0.05, 0.1) is 40.9 Å². The zero-order valence-electron chi connectivity index (χ0n) is 22.6. The fourth-order valence-electron chi connectivity index (χ4n) is 3.61. The molecule has 0 heterocycles. The van der Waals surface area contributed by atoms with Gasteiger partial charge in [0.2, 0.25) is 11.8 Å². The second kappa shape index (κ2) is 17.4. The first kappa shape index (κ1) is 30.1. The molecule has 0 unspecified atom stereocenters. The molecule has 206 valence electrons. The molecule has 0 bridgehead atoms. The van der Waals surface area contributed by atoms with Crippen LogP contribution in [0, 0.1) is 0 Å². The zero-order chi connectivity index (χ0) is 27.6. The van der Waals surface area contributed by atoms with Gasteiger partial charge in [0, 0.05) is 12.8 Å². The number of amides is 2. The Morgan fingerprint density at radius 1 is 0.605 bits per heavy atom. The van der Waals surface area contributed by atoms with Crippen LogP contribution in [0.2, 0.25) is 0 Å². The number of hydrazone groups is 2. The number of nitrogens with one attached hydrogen (secondary N) is 2. The van der Waals surface area contributed by atoms with Gasteiger partial charge in [-0.1, -0.05) is 25.7 Å². The predicted molar refractivity (Wildman–Crippen MR) is 148 cm³/mol. The summed E-state index contributed by atoms with van der Waals surface area (Å²) < 4.78 is 20.9. The van der Waals surface area contributed by atoms with Crippen LogP contribution in [-0.2, 0) is 9.59 Å². The lowest BCUT2D eigenvalue weighted by Crippen LogP contribution is -2.17. The van der Waals surface area contributed by atoms with Gasteiger partial charge < -0.3 is 18.9 Å². The Bertz CT molecular complexity index is 1000. The van der Waals surface area contributed by atoms with Crippen molar-refractivity contribution in [3.63, 3.8) is 0 Å². The van der Waals surface area contributed by atoms with Gasteiger partial charge in [-0.2, -0.15) is 10.2 Å². The summed E-state index contributed by atoms with van der Waals surface area (Å²) in [7, 11) is 6.28. The molecule has 2 amide bonds. The predicted octanol–water partition coefficient (Wildman–Crippen LogP) is 4.44. The van der Waals surface area contributed by atoms with Crippen molar-refractivity contribution >= 4 is 24.2 Å². The van der Waals surface area contributed by atoms with Crippen LogP contribution in [-0.4, -0.2) is 52.7 Å². The second-order valence-corrected chi connectivity index (χ2v) is 8.44. The molecule has 10 heteroatoms. The fourth-order valence-corrected chi connectivity index (χ4v) is 3.61. The lowest BCUT2D eigenvalue weighted by molar-refractivity contribution is -0.122. The monoisotopic (exact) mass is 526 g/mol. The van der Waals surface area contributed by atoms with E-state index in [1.165, 1.54) is 0 Å². The van der Waals surface area contributed by atoms with Crippen molar-refractivity contribution in [2.45, 2.75) is 51.4 Å². The average Bonchev–Trinajstić information content (AvgIpc) is 2.94. The largest absolute Gasteiger partial charge is 0.493 e. The average molecular weight is 527 g/mol. The van der Waals surface area contributed by atoms with Gasteiger partial charge in [-0.15, -0.1) is 0 Å². The second-order valence-electron chi connectivity index (χ2n) is 8.44. The van der Waals surface area contributed by atoms with E-state index in [-0.39, 0.29) is 11.8 Å². The summed E-state index contributed by atoms with van der Waals surface area (Å²) in [6.07, 6.45) is 9.50. The van der Waals surface area contributed by atoms with E-state index >= 15 is 0 Å². The molecule has 0 aliphatic heterocycles. The number of methoxy groups -OCH3 is 4. The molecule has 0 fully saturated rings. The molecule has 0 spiro atoms. The number of unbranched alkanes of at least 4 members (excludes halogenated alkanes) is 5. The number of hydrogen-bond donors (Lipinski definition) is 2. The van der Waals surface area contributed by atoms with Gasteiger partial charge >= 0.3 is 0 Å². The van der Waals surface area contributed by atoms with Gasteiger partial charge in [0.25, 0.3) is 0 Å². The highest BCUT2D eigenvalue weighted by Crippen LogP contribution is 2.27. The van der Waals surface area contributed by atoms with Crippen LogP contribution < -0.4 is 29.8 Å². The summed E-state index contributed by atoms with van der Waals surface area (Å²) in [5, 5.41) is 8.00. The number of ether oxygens (including phenoxy) is 4. The third kappa shape index (κ3) is 10.9. The van der Waals surface area contributed by atoms with Gasteiger partial charge in [-0.3, -0.25) is 9.59 Å². The highest BCUT2D eigenvalue weighted by Gasteiger charge is 2.05. The molecule has 2 aromatic rings. The van der Waals surface area contributed by atoms with Crippen LogP contribution in [0.4, 0.5) is 0 Å². The Labute approximate surface area is 224 Å². The Balaban J connectivity index is 1.51. The van der Waals surface area contributed by atoms with Crippen LogP contribution in [0.5, 0.6) is 23.0 Å². The van der Waals surface area contributed by atoms with Crippen molar-refractivity contribution in [3.8, 4) is 23.0 Å². The minimum absolute atomic E-state index is 0.118. The molecular weight excluding hydrogens is 488 g/mol. The SMILES string of the molecule is COc1ccc(/C=N\NC(=O)CCCCCCCCC(=O)N/N=C\c2ccc(OC)c(OC)c2)cc1OC. The highest BCUT2D eigenvalue weighted by atomic mass is 16.5. The molecule has 10 nitrogen and oxygen atoms in total. The van der Waals surface area contributed by atoms with Crippen molar-refractivity contribution < 1.29 is 28.5 Å². The molecule has 38 heavy (non-hydrogen) atoms. The Hall–Kier alpha value is -4.08. The standard InChI is InChI=1S/C28H38N4O6/c1-35-23-15-13-21(17-25(23)37-3)19-29-31-27(33)11-9-7-5-6-8-10-12-28(34)32-30-20-22-14-16-24(36-2)26(18-22)38-4/h13-20H,5-12H2,1-4H3,(H,31,33)(H,32,34)/b29-19-,30-20-. The fraction of sp³-hybridized carbons (Fsp3) is 0.429. The maximum absolute atomic E-state index is 12.0. The van der Waals surface area contributed by atoms with Crippen molar-refractivity contribution in [2.24, 2.45) is 10.2 Å². The first-order chi connectivity index (χ1) is 18.5. The van der Waals surface area contributed by atoms with Crippen molar-refractivity contribution in [3.05, 3.63) is 47.5 Å². The van der Waals surface area contributed by atoms with E-state index in [0.717, 1.165) is 49.7 Å². The molecule has 0 saturated heterocycles. The number of benzene rings is 2. The Morgan fingerprint density at radius 3 is 1.34 bits per heavy atom. The van der Waals surface area contributed by atoms with E-state index in [4.69, 9.17) is 18.9 Å². The van der Waals surface area contributed by atoms with Crippen LogP contribution in [0.25, 0.3) is 0 Å². The molecule has 2 rings (SSSR count). The van der Waals surface area contributed by atoms with Crippen LogP contribution in [0.3, 0.4) is 0 Å². The summed E-state index contributed by atoms with van der Waals surface area (Å²) in [5.41, 5.74) is 6.68. The zero-order valence-corrected chi connectivity index (χ0v) is 22.6. The van der Waals surface area contributed by atoms with Crippen molar-refractivity contribution in [2.75, 3.05) is 28.4 Å². The number of hydrogen-bond acceptors (Lipinski definition) is 8. The van der Waals surface area contributed by atoms with E-state index in [1.54, 1.807) is 65.1 Å². The summed E-state index contributed by atoms with van der Waals surface area (Å²) in [5.74, 6) is 2.23. The van der Waals surface area contributed by atoms with Gasteiger partial charge in [0.1, 0.15) is 0 Å². The van der Waals surface area contributed by atoms with E-state index in [0.29, 0.717) is 35.8 Å². The van der Waals surface area contributed by atoms with E-state index in [9.17, 15) is 9.59 Å². The topological polar surface area (TPSA) is 120 Å². The quantitative estimate of drug-likeness (QED) is 0.179. The summed E-state index contributed by atoms with van der Waals surface area (Å²) in [6.45, 7) is 0. The normalized spacial score (nSPS) is 10.9. The highest BCUT2D eigenvalue weighted by molar-refractivity contribution is 5.84. The van der Waals surface area contributed by atoms with Crippen LogP contribution in [0.15, 0.2) is 46.6 Å². The van der Waals surface area contributed by atoms with Crippen LogP contribution in [0.1, 0.15) is 62.5 Å². The third-order valence-corrected chi connectivity index (χ3v) is 5.68. The number of carbonyl (C=O) groups is 2. The molecule has 0 atom stereocenters. The van der Waals surface area contributed by atoms with Crippen molar-refractivity contribution in [1.29, 1.82) is 0 Å². The van der Waals surface area contributed by atoms with E-state index in [2.05, 4.69) is 21.1 Å². The number of rotatable bonds is 17. The third-order valence-electron chi connectivity index (χ3n) is 5.68. The molecule has 0 aliphatic carbocycles. The number of nitrogens with zero attached hydrogens (tertiary/aromatic N) is 2. The summed E-state index contributed by atoms with van der Waals surface area (Å²) in [6, 6.07) is 10.8. The maximum Gasteiger partial charge on any atom is 0.240 e. The minimum Gasteiger partial charge on any atom is -0.493 e. The first-order valence-electron chi connectivity index (χ1n) is 12.6. The van der Waals surface area contributed by atoms with Gasteiger partial charge in [-0.05, 0) is 60.4 Å². The molecule has 0 radical (unpaired) electrons. The Kier molecular flexibility index (Phi) is 13.8. The van der Waals surface area contributed by atoms with E-state index < -0.39 is 0 Å². The molecule has 0 saturated carbocycles. The molecule has 2 N–H and O–H groups in total.